The van der Waals surface area contributed by atoms with Crippen LogP contribution < -0.4 is 10.6 Å². The molecule has 0 heterocycles. The minimum Gasteiger partial charge on any atom is -0.334 e. The Kier molecular flexibility index (Phi) is 7.35. The van der Waals surface area contributed by atoms with Crippen LogP contribution in [0.5, 0.6) is 0 Å². The third-order valence-electron chi connectivity index (χ3n) is 2.94. The first-order valence-electron chi connectivity index (χ1n) is 6.79. The minimum absolute atomic E-state index is 0.182. The molecule has 20 heavy (non-hydrogen) atoms. The Balaban J connectivity index is 2.56. The highest BCUT2D eigenvalue weighted by molar-refractivity contribution is 6.44. The number of halogens is 2. The molecule has 0 radical (unpaired) electrons. The molecule has 1 rings (SSSR count). The molecule has 0 aliphatic rings. The lowest BCUT2D eigenvalue weighted by Crippen LogP contribution is -2.49. The van der Waals surface area contributed by atoms with Gasteiger partial charge in [-0.3, -0.25) is 10.1 Å². The van der Waals surface area contributed by atoms with Crippen LogP contribution in [0.2, 0.25) is 0 Å². The van der Waals surface area contributed by atoms with Crippen LogP contribution in [-0.2, 0) is 0 Å². The van der Waals surface area contributed by atoms with Crippen molar-refractivity contribution in [3.63, 3.8) is 0 Å². The van der Waals surface area contributed by atoms with E-state index in [4.69, 9.17) is 23.2 Å². The van der Waals surface area contributed by atoms with E-state index in [2.05, 4.69) is 24.5 Å². The molecule has 0 aromatic heterocycles. The molecular formula is C15H22Cl2N2O. The van der Waals surface area contributed by atoms with Gasteiger partial charge in [-0.2, -0.15) is 0 Å². The van der Waals surface area contributed by atoms with Gasteiger partial charge in [-0.15, -0.1) is 23.2 Å². The lowest BCUT2D eigenvalue weighted by atomic mass is 10.1. The smallest absolute Gasteiger partial charge is 0.252 e. The Morgan fingerprint density at radius 3 is 2.30 bits per heavy atom. The van der Waals surface area contributed by atoms with Gasteiger partial charge in [0.25, 0.3) is 5.91 Å². The molecule has 1 unspecified atom stereocenters. The second kappa shape index (κ2) is 8.50. The van der Waals surface area contributed by atoms with Crippen molar-refractivity contribution in [3.05, 3.63) is 35.4 Å². The standard InChI is InChI=1S/C15H22Cl2N2O/c1-10(2)8-9-18-14(13(16)17)19-15(20)12-6-4-11(3)5-7-12/h4-7,10,13-14,18H,8-9H2,1-3H3,(H,19,20). The maximum absolute atomic E-state index is 12.1. The van der Waals surface area contributed by atoms with Crippen LogP contribution in [-0.4, -0.2) is 23.5 Å². The van der Waals surface area contributed by atoms with E-state index in [1.54, 1.807) is 12.1 Å². The van der Waals surface area contributed by atoms with Gasteiger partial charge in [-0.05, 0) is 37.9 Å². The van der Waals surface area contributed by atoms with Crippen molar-refractivity contribution < 1.29 is 4.79 Å². The maximum atomic E-state index is 12.1. The number of hydrogen-bond donors (Lipinski definition) is 2. The molecule has 0 fully saturated rings. The number of aryl methyl sites for hydroxylation is 1. The average molecular weight is 317 g/mol. The Bertz CT molecular complexity index is 418. The van der Waals surface area contributed by atoms with Gasteiger partial charge < -0.3 is 5.32 Å². The largest absolute Gasteiger partial charge is 0.334 e. The van der Waals surface area contributed by atoms with E-state index in [-0.39, 0.29) is 5.91 Å². The second-order valence-electron chi connectivity index (χ2n) is 5.29. The monoisotopic (exact) mass is 316 g/mol. The van der Waals surface area contributed by atoms with Gasteiger partial charge >= 0.3 is 0 Å². The summed E-state index contributed by atoms with van der Waals surface area (Å²) in [4.78, 5) is 11.4. The maximum Gasteiger partial charge on any atom is 0.252 e. The van der Waals surface area contributed by atoms with Gasteiger partial charge in [0.05, 0.1) is 0 Å². The van der Waals surface area contributed by atoms with Crippen molar-refractivity contribution in [3.8, 4) is 0 Å². The zero-order valence-electron chi connectivity index (χ0n) is 12.1. The summed E-state index contributed by atoms with van der Waals surface area (Å²) < 4.78 is 0. The predicted molar refractivity (Wildman–Crippen MR) is 85.4 cm³/mol. The molecule has 5 heteroatoms. The number of rotatable bonds is 7. The summed E-state index contributed by atoms with van der Waals surface area (Å²) in [6, 6.07) is 7.37. The number of alkyl halides is 2. The zero-order chi connectivity index (χ0) is 15.1. The third-order valence-corrected chi connectivity index (χ3v) is 3.44. The van der Waals surface area contributed by atoms with Crippen LogP contribution in [0, 0.1) is 12.8 Å². The lowest BCUT2D eigenvalue weighted by Gasteiger charge is -2.21. The number of amides is 1. The predicted octanol–water partition coefficient (Wildman–Crippen LogP) is 3.49. The Hall–Kier alpha value is -0.770. The first kappa shape index (κ1) is 17.3. The highest BCUT2D eigenvalue weighted by Crippen LogP contribution is 2.09. The first-order valence-corrected chi connectivity index (χ1v) is 7.66. The lowest BCUT2D eigenvalue weighted by molar-refractivity contribution is 0.0932. The Morgan fingerprint density at radius 2 is 1.80 bits per heavy atom. The summed E-state index contributed by atoms with van der Waals surface area (Å²) >= 11 is 11.8. The van der Waals surface area contributed by atoms with E-state index in [0.717, 1.165) is 18.5 Å². The van der Waals surface area contributed by atoms with Gasteiger partial charge in [0.15, 0.2) is 0 Å². The number of carbonyl (C=O) groups is 1. The van der Waals surface area contributed by atoms with Gasteiger partial charge in [-0.1, -0.05) is 31.5 Å². The molecule has 0 aliphatic carbocycles. The average Bonchev–Trinajstić information content (AvgIpc) is 2.37. The minimum atomic E-state index is -0.698. The van der Waals surface area contributed by atoms with E-state index in [9.17, 15) is 4.79 Å². The van der Waals surface area contributed by atoms with Crippen LogP contribution in [0.15, 0.2) is 24.3 Å². The molecule has 0 saturated heterocycles. The molecular weight excluding hydrogens is 295 g/mol. The van der Waals surface area contributed by atoms with Crippen LogP contribution in [0.1, 0.15) is 36.2 Å². The Morgan fingerprint density at radius 1 is 1.20 bits per heavy atom. The van der Waals surface area contributed by atoms with Crippen molar-refractivity contribution in [2.24, 2.45) is 5.92 Å². The molecule has 1 amide bonds. The summed E-state index contributed by atoms with van der Waals surface area (Å²) in [5, 5.41) is 5.98. The fourth-order valence-corrected chi connectivity index (χ4v) is 1.96. The summed E-state index contributed by atoms with van der Waals surface area (Å²) in [6.07, 6.45) is 0.545. The molecule has 0 bridgehead atoms. The quantitative estimate of drug-likeness (QED) is 0.597. The molecule has 0 aliphatic heterocycles. The van der Waals surface area contributed by atoms with Crippen molar-refractivity contribution in [1.29, 1.82) is 0 Å². The Labute approximate surface area is 131 Å². The topological polar surface area (TPSA) is 41.1 Å². The molecule has 2 N–H and O–H groups in total. The number of benzene rings is 1. The normalized spacial score (nSPS) is 12.8. The summed E-state index contributed by atoms with van der Waals surface area (Å²) in [5.74, 6) is 0.401. The zero-order valence-corrected chi connectivity index (χ0v) is 13.6. The highest BCUT2D eigenvalue weighted by atomic mass is 35.5. The summed E-state index contributed by atoms with van der Waals surface area (Å²) in [6.45, 7) is 7.01. The van der Waals surface area contributed by atoms with Crippen molar-refractivity contribution in [2.45, 2.75) is 38.2 Å². The van der Waals surface area contributed by atoms with Gasteiger partial charge in [-0.25, -0.2) is 0 Å². The first-order chi connectivity index (χ1) is 9.40. The number of carbonyl (C=O) groups excluding carboxylic acids is 1. The van der Waals surface area contributed by atoms with Crippen LogP contribution in [0.25, 0.3) is 0 Å². The van der Waals surface area contributed by atoms with E-state index >= 15 is 0 Å². The summed E-state index contributed by atoms with van der Waals surface area (Å²) in [5.41, 5.74) is 1.71. The van der Waals surface area contributed by atoms with E-state index in [1.165, 1.54) is 0 Å². The molecule has 112 valence electrons. The van der Waals surface area contributed by atoms with Crippen LogP contribution >= 0.6 is 23.2 Å². The van der Waals surface area contributed by atoms with E-state index in [0.29, 0.717) is 11.5 Å². The van der Waals surface area contributed by atoms with Crippen LogP contribution in [0.4, 0.5) is 0 Å². The van der Waals surface area contributed by atoms with Crippen LogP contribution in [0.3, 0.4) is 0 Å². The molecule has 1 atom stereocenters. The molecule has 3 nitrogen and oxygen atoms in total. The fraction of sp³-hybridized carbons (Fsp3) is 0.533. The summed E-state index contributed by atoms with van der Waals surface area (Å²) in [7, 11) is 0. The molecule has 1 aromatic rings. The molecule has 0 spiro atoms. The van der Waals surface area contributed by atoms with Crippen molar-refractivity contribution >= 4 is 29.1 Å². The van der Waals surface area contributed by atoms with E-state index < -0.39 is 11.0 Å². The number of hydrogen-bond acceptors (Lipinski definition) is 2. The molecule has 0 saturated carbocycles. The van der Waals surface area contributed by atoms with Gasteiger partial charge in [0.1, 0.15) is 11.0 Å². The van der Waals surface area contributed by atoms with Gasteiger partial charge in [0.2, 0.25) is 0 Å². The van der Waals surface area contributed by atoms with Crippen molar-refractivity contribution in [2.75, 3.05) is 6.54 Å². The fourth-order valence-electron chi connectivity index (χ4n) is 1.66. The number of nitrogens with one attached hydrogen (secondary N) is 2. The molecule has 1 aromatic carbocycles. The van der Waals surface area contributed by atoms with Gasteiger partial charge in [0, 0.05) is 5.56 Å². The third kappa shape index (κ3) is 6.12. The second-order valence-corrected chi connectivity index (χ2v) is 6.45. The SMILES string of the molecule is Cc1ccc(C(=O)NC(NCCC(C)C)C(Cl)Cl)cc1. The van der Waals surface area contributed by atoms with Crippen molar-refractivity contribution in [1.82, 2.24) is 10.6 Å². The van der Waals surface area contributed by atoms with E-state index in [1.807, 2.05) is 19.1 Å². The highest BCUT2D eigenvalue weighted by Gasteiger charge is 2.19.